The molecule has 37 heavy (non-hydrogen) atoms. The Morgan fingerprint density at radius 2 is 0.784 bits per heavy atom. The molecule has 0 heterocycles. The van der Waals surface area contributed by atoms with Gasteiger partial charge in [-0.3, -0.25) is 0 Å². The van der Waals surface area contributed by atoms with E-state index in [9.17, 15) is 0 Å². The van der Waals surface area contributed by atoms with E-state index in [0.29, 0.717) is 51.9 Å². The van der Waals surface area contributed by atoms with Crippen LogP contribution in [0.2, 0.25) is 0 Å². The molecule has 3 aromatic carbocycles. The van der Waals surface area contributed by atoms with Gasteiger partial charge in [0.05, 0.1) is 50.0 Å². The average Bonchev–Trinajstić information content (AvgIpc) is 2.95. The van der Waals surface area contributed by atoms with Crippen LogP contribution >= 0.6 is 0 Å². The van der Waals surface area contributed by atoms with Crippen LogP contribution in [0, 0.1) is 45.3 Å². The highest BCUT2D eigenvalue weighted by Crippen LogP contribution is 2.34. The monoisotopic (exact) mass is 486 g/mol. The van der Waals surface area contributed by atoms with E-state index in [1.807, 2.05) is 18.2 Å². The predicted octanol–water partition coefficient (Wildman–Crippen LogP) is 6.13. The summed E-state index contributed by atoms with van der Waals surface area (Å²) in [6.07, 6.45) is 1.63. The number of nitrogens with zero attached hydrogens (tertiary/aromatic N) is 6. The van der Waals surface area contributed by atoms with Gasteiger partial charge in [0, 0.05) is 43.5 Å². The number of anilines is 2. The summed E-state index contributed by atoms with van der Waals surface area (Å²) < 4.78 is 0. The van der Waals surface area contributed by atoms with E-state index in [0.717, 1.165) is 22.5 Å². The van der Waals surface area contributed by atoms with E-state index in [1.54, 1.807) is 0 Å². The largest absolute Gasteiger partial charge is 0.369 e. The van der Waals surface area contributed by atoms with Gasteiger partial charge in [0.25, 0.3) is 0 Å². The summed E-state index contributed by atoms with van der Waals surface area (Å²) in [5.41, 5.74) is 5.48. The van der Waals surface area contributed by atoms with Gasteiger partial charge in [0.2, 0.25) is 0 Å². The fourth-order valence-electron chi connectivity index (χ4n) is 4.46. The lowest BCUT2D eigenvalue weighted by Crippen LogP contribution is -2.25. The minimum absolute atomic E-state index is 0.0302. The average molecular weight is 487 g/mol. The molecule has 0 saturated carbocycles. The van der Waals surface area contributed by atoms with E-state index in [1.165, 1.54) is 5.56 Å². The van der Waals surface area contributed by atoms with Crippen molar-refractivity contribution in [2.75, 3.05) is 36.0 Å². The van der Waals surface area contributed by atoms with Gasteiger partial charge < -0.3 is 9.80 Å². The lowest BCUT2D eigenvalue weighted by atomic mass is 9.85. The highest BCUT2D eigenvalue weighted by molar-refractivity contribution is 5.54. The van der Waals surface area contributed by atoms with Crippen LogP contribution in [0.25, 0.3) is 0 Å². The summed E-state index contributed by atoms with van der Waals surface area (Å²) >= 11 is 0. The molecule has 0 aromatic heterocycles. The number of rotatable bonds is 13. The molecule has 3 rings (SSSR count). The van der Waals surface area contributed by atoms with Crippen molar-refractivity contribution in [2.45, 2.75) is 31.6 Å². The Morgan fingerprint density at radius 1 is 0.459 bits per heavy atom. The van der Waals surface area contributed by atoms with Gasteiger partial charge in [0.15, 0.2) is 0 Å². The molecule has 0 aliphatic carbocycles. The second-order valence-electron chi connectivity index (χ2n) is 8.63. The molecule has 6 nitrogen and oxygen atoms in total. The number of nitriles is 4. The first kappa shape index (κ1) is 26.8. The van der Waals surface area contributed by atoms with Crippen molar-refractivity contribution in [1.82, 2.24) is 0 Å². The van der Waals surface area contributed by atoms with Crippen LogP contribution in [0.1, 0.15) is 48.3 Å². The zero-order valence-corrected chi connectivity index (χ0v) is 20.9. The molecule has 184 valence electrons. The number of hydrogen-bond acceptors (Lipinski definition) is 6. The molecule has 0 N–H and O–H groups in total. The standard InChI is InChI=1S/C31H30N6/c32-18-4-22-36(23-5-19-33)29-14-10-27(11-15-29)31(26-8-2-1-3-9-26)28-12-16-30(17-13-28)37(24-6-20-34)25-7-21-35/h1-3,8-17,31H,4-7,22-25H2. The fourth-order valence-corrected chi connectivity index (χ4v) is 4.46. The summed E-state index contributed by atoms with van der Waals surface area (Å²) in [6, 6.07) is 35.9. The van der Waals surface area contributed by atoms with Crippen LogP contribution < -0.4 is 9.80 Å². The van der Waals surface area contributed by atoms with Crippen molar-refractivity contribution in [3.63, 3.8) is 0 Å². The molecule has 0 atom stereocenters. The third-order valence-corrected chi connectivity index (χ3v) is 6.29. The molecule has 0 aliphatic heterocycles. The van der Waals surface area contributed by atoms with Crippen molar-refractivity contribution >= 4 is 11.4 Å². The molecule has 0 fully saturated rings. The summed E-state index contributed by atoms with van der Waals surface area (Å²) in [5.74, 6) is 0.0302. The third-order valence-electron chi connectivity index (χ3n) is 6.29. The van der Waals surface area contributed by atoms with Crippen LogP contribution in [0.5, 0.6) is 0 Å². The van der Waals surface area contributed by atoms with Crippen molar-refractivity contribution in [1.29, 1.82) is 21.0 Å². The Labute approximate surface area is 219 Å². The Hall–Kier alpha value is -4.78. The third kappa shape index (κ3) is 7.60. The van der Waals surface area contributed by atoms with Crippen LogP contribution in [-0.4, -0.2) is 26.2 Å². The Balaban J connectivity index is 1.92. The number of benzene rings is 3. The van der Waals surface area contributed by atoms with E-state index >= 15 is 0 Å². The maximum Gasteiger partial charge on any atom is 0.0640 e. The van der Waals surface area contributed by atoms with E-state index in [-0.39, 0.29) is 5.92 Å². The smallest absolute Gasteiger partial charge is 0.0640 e. The minimum atomic E-state index is 0.0302. The molecule has 6 heteroatoms. The molecule has 0 bridgehead atoms. The SMILES string of the molecule is N#CCCN(CCC#N)c1ccc(C(c2ccccc2)c2ccc(N(CCC#N)CCC#N)cc2)cc1. The van der Waals surface area contributed by atoms with Gasteiger partial charge in [-0.15, -0.1) is 0 Å². The number of hydrogen-bond donors (Lipinski definition) is 0. The molecule has 0 radical (unpaired) electrons. The van der Waals surface area contributed by atoms with Crippen molar-refractivity contribution in [3.05, 3.63) is 95.6 Å². The fraction of sp³-hybridized carbons (Fsp3) is 0.290. The lowest BCUT2D eigenvalue weighted by molar-refractivity contribution is 0.795. The van der Waals surface area contributed by atoms with Gasteiger partial charge in [-0.05, 0) is 41.0 Å². The first-order valence-electron chi connectivity index (χ1n) is 12.4. The van der Waals surface area contributed by atoms with Gasteiger partial charge in [-0.1, -0.05) is 54.6 Å². The van der Waals surface area contributed by atoms with Gasteiger partial charge in [-0.25, -0.2) is 0 Å². The molecule has 3 aromatic rings. The molecule has 0 amide bonds. The van der Waals surface area contributed by atoms with Crippen molar-refractivity contribution < 1.29 is 0 Å². The maximum absolute atomic E-state index is 9.02. The summed E-state index contributed by atoms with van der Waals surface area (Å²) in [7, 11) is 0. The minimum Gasteiger partial charge on any atom is -0.369 e. The zero-order valence-electron chi connectivity index (χ0n) is 20.9. The molecule has 0 unspecified atom stereocenters. The second-order valence-corrected chi connectivity index (χ2v) is 8.63. The zero-order chi connectivity index (χ0) is 26.3. The summed E-state index contributed by atoms with van der Waals surface area (Å²) in [5, 5.41) is 36.1. The predicted molar refractivity (Wildman–Crippen MR) is 146 cm³/mol. The molecule has 0 spiro atoms. The highest BCUT2D eigenvalue weighted by Gasteiger charge is 2.18. The summed E-state index contributed by atoms with van der Waals surface area (Å²) in [4.78, 5) is 4.17. The molecule has 0 saturated heterocycles. The maximum atomic E-state index is 9.02. The van der Waals surface area contributed by atoms with E-state index in [2.05, 4.69) is 94.7 Å². The van der Waals surface area contributed by atoms with Crippen LogP contribution in [0.3, 0.4) is 0 Å². The second kappa shape index (κ2) is 14.6. The lowest BCUT2D eigenvalue weighted by Gasteiger charge is -2.25. The van der Waals surface area contributed by atoms with E-state index in [4.69, 9.17) is 21.0 Å². The first-order valence-corrected chi connectivity index (χ1v) is 12.4. The topological polar surface area (TPSA) is 102 Å². The van der Waals surface area contributed by atoms with Crippen LogP contribution in [0.15, 0.2) is 78.9 Å². The normalized spacial score (nSPS) is 10.1. The highest BCUT2D eigenvalue weighted by atomic mass is 15.1. The first-order chi connectivity index (χ1) is 18.2. The molecule has 0 aliphatic rings. The molecular formula is C31H30N6. The summed E-state index contributed by atoms with van der Waals surface area (Å²) in [6.45, 7) is 2.37. The Bertz CT molecular complexity index is 1150. The van der Waals surface area contributed by atoms with Crippen LogP contribution in [-0.2, 0) is 0 Å². The Morgan fingerprint density at radius 3 is 1.11 bits per heavy atom. The van der Waals surface area contributed by atoms with Gasteiger partial charge in [-0.2, -0.15) is 21.0 Å². The quantitative estimate of drug-likeness (QED) is 0.269. The Kier molecular flexibility index (Phi) is 10.6. The van der Waals surface area contributed by atoms with Crippen molar-refractivity contribution in [3.8, 4) is 24.3 Å². The van der Waals surface area contributed by atoms with E-state index < -0.39 is 0 Å². The van der Waals surface area contributed by atoms with Gasteiger partial charge in [0.1, 0.15) is 0 Å². The molecular weight excluding hydrogens is 456 g/mol. The van der Waals surface area contributed by atoms with Crippen LogP contribution in [0.4, 0.5) is 11.4 Å². The van der Waals surface area contributed by atoms with Gasteiger partial charge >= 0.3 is 0 Å². The van der Waals surface area contributed by atoms with Crippen molar-refractivity contribution in [2.24, 2.45) is 0 Å².